The van der Waals surface area contributed by atoms with Crippen LogP contribution in [0.5, 0.6) is 0 Å². The van der Waals surface area contributed by atoms with Crippen LogP contribution < -0.4 is 5.73 Å². The molecule has 0 aliphatic carbocycles. The SMILES string of the molecule is COC(=O)C(C)(N)CCOCCOCC(C)C. The Morgan fingerprint density at radius 3 is 2.35 bits per heavy atom. The lowest BCUT2D eigenvalue weighted by Crippen LogP contribution is -2.46. The van der Waals surface area contributed by atoms with Crippen LogP contribution in [-0.4, -0.2) is 45.0 Å². The van der Waals surface area contributed by atoms with E-state index in [0.29, 0.717) is 32.2 Å². The molecule has 0 saturated carbocycles. The van der Waals surface area contributed by atoms with Gasteiger partial charge < -0.3 is 19.9 Å². The fourth-order valence-corrected chi connectivity index (χ4v) is 1.16. The number of ether oxygens (including phenoxy) is 3. The highest BCUT2D eigenvalue weighted by Crippen LogP contribution is 2.07. The summed E-state index contributed by atoms with van der Waals surface area (Å²) >= 11 is 0. The van der Waals surface area contributed by atoms with Gasteiger partial charge in [-0.1, -0.05) is 13.8 Å². The van der Waals surface area contributed by atoms with Crippen molar-refractivity contribution >= 4 is 5.97 Å². The van der Waals surface area contributed by atoms with E-state index < -0.39 is 11.5 Å². The Bertz CT molecular complexity index is 217. The highest BCUT2D eigenvalue weighted by molar-refractivity contribution is 5.79. The monoisotopic (exact) mass is 247 g/mol. The van der Waals surface area contributed by atoms with Gasteiger partial charge in [0.25, 0.3) is 0 Å². The Morgan fingerprint density at radius 1 is 1.24 bits per heavy atom. The van der Waals surface area contributed by atoms with E-state index >= 15 is 0 Å². The molecule has 0 spiro atoms. The topological polar surface area (TPSA) is 70.8 Å². The first-order valence-electron chi connectivity index (χ1n) is 5.93. The fraction of sp³-hybridized carbons (Fsp3) is 0.917. The Morgan fingerprint density at radius 2 is 1.82 bits per heavy atom. The Hall–Kier alpha value is -0.650. The Labute approximate surface area is 104 Å². The maximum absolute atomic E-state index is 11.2. The first-order chi connectivity index (χ1) is 7.90. The van der Waals surface area contributed by atoms with Crippen molar-refractivity contribution in [1.82, 2.24) is 0 Å². The van der Waals surface area contributed by atoms with Gasteiger partial charge in [-0.2, -0.15) is 0 Å². The van der Waals surface area contributed by atoms with Gasteiger partial charge in [-0.3, -0.25) is 4.79 Å². The summed E-state index contributed by atoms with van der Waals surface area (Å²) in [5.74, 6) is 0.110. The highest BCUT2D eigenvalue weighted by atomic mass is 16.5. The number of carbonyl (C=O) groups is 1. The van der Waals surface area contributed by atoms with Gasteiger partial charge in [0, 0.05) is 13.2 Å². The molecule has 0 amide bonds. The summed E-state index contributed by atoms with van der Waals surface area (Å²) in [4.78, 5) is 11.2. The van der Waals surface area contributed by atoms with Crippen molar-refractivity contribution in [2.75, 3.05) is 33.5 Å². The van der Waals surface area contributed by atoms with Crippen LogP contribution in [0.4, 0.5) is 0 Å². The molecule has 0 bridgehead atoms. The highest BCUT2D eigenvalue weighted by Gasteiger charge is 2.28. The zero-order valence-electron chi connectivity index (χ0n) is 11.3. The average molecular weight is 247 g/mol. The number of esters is 1. The summed E-state index contributed by atoms with van der Waals surface area (Å²) in [6.07, 6.45) is 0.434. The van der Waals surface area contributed by atoms with Crippen LogP contribution in [-0.2, 0) is 19.0 Å². The van der Waals surface area contributed by atoms with E-state index in [2.05, 4.69) is 18.6 Å². The van der Waals surface area contributed by atoms with Crippen molar-refractivity contribution in [3.05, 3.63) is 0 Å². The molecule has 5 heteroatoms. The zero-order valence-corrected chi connectivity index (χ0v) is 11.3. The molecule has 0 rings (SSSR count). The third-order valence-electron chi connectivity index (χ3n) is 2.24. The lowest BCUT2D eigenvalue weighted by atomic mass is 10.0. The molecule has 0 heterocycles. The molecule has 1 unspecified atom stereocenters. The summed E-state index contributed by atoms with van der Waals surface area (Å²) < 4.78 is 15.3. The van der Waals surface area contributed by atoms with Gasteiger partial charge in [0.1, 0.15) is 5.54 Å². The molecule has 0 aromatic carbocycles. The molecule has 0 aromatic rings. The van der Waals surface area contributed by atoms with Crippen LogP contribution in [0.15, 0.2) is 0 Å². The second kappa shape index (κ2) is 8.44. The molecule has 2 N–H and O–H groups in total. The standard InChI is InChI=1S/C12H25NO4/c1-10(2)9-17-8-7-16-6-5-12(3,13)11(14)15-4/h10H,5-9,13H2,1-4H3. The van der Waals surface area contributed by atoms with Gasteiger partial charge in [0.05, 0.1) is 20.3 Å². The first kappa shape index (κ1) is 16.4. The van der Waals surface area contributed by atoms with Crippen LogP contribution >= 0.6 is 0 Å². The van der Waals surface area contributed by atoms with E-state index in [9.17, 15) is 4.79 Å². The molecule has 0 radical (unpaired) electrons. The largest absolute Gasteiger partial charge is 0.468 e. The Kier molecular flexibility index (Phi) is 8.12. The van der Waals surface area contributed by atoms with Gasteiger partial charge in [0.15, 0.2) is 0 Å². The third-order valence-corrected chi connectivity index (χ3v) is 2.24. The molecule has 0 aliphatic heterocycles. The summed E-state index contributed by atoms with van der Waals surface area (Å²) in [5, 5.41) is 0. The molecule has 17 heavy (non-hydrogen) atoms. The molecule has 1 atom stereocenters. The van der Waals surface area contributed by atoms with Gasteiger partial charge >= 0.3 is 5.97 Å². The molecule has 102 valence electrons. The first-order valence-corrected chi connectivity index (χ1v) is 5.93. The number of hydrogen-bond acceptors (Lipinski definition) is 5. The van der Waals surface area contributed by atoms with Crippen molar-refractivity contribution in [2.45, 2.75) is 32.7 Å². The van der Waals surface area contributed by atoms with Crippen molar-refractivity contribution in [2.24, 2.45) is 11.7 Å². The van der Waals surface area contributed by atoms with E-state index in [0.717, 1.165) is 6.61 Å². The summed E-state index contributed by atoms with van der Waals surface area (Å²) in [6.45, 7) is 8.07. The van der Waals surface area contributed by atoms with Gasteiger partial charge in [-0.05, 0) is 19.3 Å². The van der Waals surface area contributed by atoms with E-state index in [1.165, 1.54) is 7.11 Å². The summed E-state index contributed by atoms with van der Waals surface area (Å²) in [6, 6.07) is 0. The third kappa shape index (κ3) is 8.12. The van der Waals surface area contributed by atoms with Crippen molar-refractivity contribution < 1.29 is 19.0 Å². The molecular weight excluding hydrogens is 222 g/mol. The maximum Gasteiger partial charge on any atom is 0.325 e. The maximum atomic E-state index is 11.2. The fourth-order valence-electron chi connectivity index (χ4n) is 1.16. The van der Waals surface area contributed by atoms with Crippen LogP contribution in [0.3, 0.4) is 0 Å². The lowest BCUT2D eigenvalue weighted by Gasteiger charge is -2.21. The number of methoxy groups -OCH3 is 1. The Balaban J connectivity index is 3.48. The van der Waals surface area contributed by atoms with Crippen LogP contribution in [0.25, 0.3) is 0 Å². The van der Waals surface area contributed by atoms with Crippen molar-refractivity contribution in [3.8, 4) is 0 Å². The van der Waals surface area contributed by atoms with Gasteiger partial charge in [-0.25, -0.2) is 0 Å². The van der Waals surface area contributed by atoms with Gasteiger partial charge in [-0.15, -0.1) is 0 Å². The molecule has 0 saturated heterocycles. The second-order valence-electron chi connectivity index (χ2n) is 4.74. The van der Waals surface area contributed by atoms with Crippen molar-refractivity contribution in [3.63, 3.8) is 0 Å². The number of rotatable bonds is 9. The molecular formula is C12H25NO4. The van der Waals surface area contributed by atoms with E-state index in [4.69, 9.17) is 15.2 Å². The quantitative estimate of drug-likeness (QED) is 0.485. The smallest absolute Gasteiger partial charge is 0.325 e. The molecule has 5 nitrogen and oxygen atoms in total. The predicted octanol–water partition coefficient (Wildman–Crippen LogP) is 0.956. The minimum absolute atomic E-state index is 0.419. The number of nitrogens with two attached hydrogens (primary N) is 1. The minimum atomic E-state index is -0.979. The summed E-state index contributed by atoms with van der Waals surface area (Å²) in [7, 11) is 1.33. The normalized spacial score (nSPS) is 14.7. The van der Waals surface area contributed by atoms with E-state index in [1.807, 2.05) is 0 Å². The zero-order chi connectivity index (χ0) is 13.3. The number of hydrogen-bond donors (Lipinski definition) is 1. The molecule has 0 fully saturated rings. The van der Waals surface area contributed by atoms with E-state index in [1.54, 1.807) is 6.92 Å². The van der Waals surface area contributed by atoms with E-state index in [-0.39, 0.29) is 0 Å². The van der Waals surface area contributed by atoms with Crippen LogP contribution in [0.1, 0.15) is 27.2 Å². The molecule has 0 aliphatic rings. The van der Waals surface area contributed by atoms with Gasteiger partial charge in [0.2, 0.25) is 0 Å². The second-order valence-corrected chi connectivity index (χ2v) is 4.74. The van der Waals surface area contributed by atoms with Crippen LogP contribution in [0, 0.1) is 5.92 Å². The minimum Gasteiger partial charge on any atom is -0.468 e. The summed E-state index contributed by atoms with van der Waals surface area (Å²) in [5.41, 5.74) is 4.79. The average Bonchev–Trinajstić information content (AvgIpc) is 2.26. The predicted molar refractivity (Wildman–Crippen MR) is 65.7 cm³/mol. The molecule has 0 aromatic heterocycles. The number of carbonyl (C=O) groups excluding carboxylic acids is 1. The lowest BCUT2D eigenvalue weighted by molar-refractivity contribution is -0.147. The van der Waals surface area contributed by atoms with Crippen molar-refractivity contribution in [1.29, 1.82) is 0 Å². The van der Waals surface area contributed by atoms with Crippen LogP contribution in [0.2, 0.25) is 0 Å².